The second-order valence-electron chi connectivity index (χ2n) is 5.82. The van der Waals surface area contributed by atoms with Crippen LogP contribution >= 0.6 is 11.6 Å². The summed E-state index contributed by atoms with van der Waals surface area (Å²) in [6.07, 6.45) is 2.68. The number of sulfonamides is 1. The van der Waals surface area contributed by atoms with E-state index in [9.17, 15) is 13.2 Å². The molecule has 0 spiro atoms. The van der Waals surface area contributed by atoms with Crippen LogP contribution in [0.2, 0.25) is 5.02 Å². The third kappa shape index (κ3) is 4.61. The van der Waals surface area contributed by atoms with E-state index in [-0.39, 0.29) is 29.9 Å². The van der Waals surface area contributed by atoms with Gasteiger partial charge in [0.25, 0.3) is 0 Å². The number of carbonyl (C=O) groups excluding carboxylic acids is 1. The Morgan fingerprint density at radius 1 is 1.31 bits per heavy atom. The van der Waals surface area contributed by atoms with Gasteiger partial charge in [-0.1, -0.05) is 16.8 Å². The first-order chi connectivity index (χ1) is 12.4. The molecule has 1 aromatic carbocycles. The highest BCUT2D eigenvalue weighted by atomic mass is 35.5. The van der Waals surface area contributed by atoms with Gasteiger partial charge in [0.05, 0.1) is 17.5 Å². The molecule has 0 aliphatic carbocycles. The van der Waals surface area contributed by atoms with E-state index in [0.29, 0.717) is 11.6 Å². The van der Waals surface area contributed by atoms with Crippen LogP contribution in [0.4, 0.5) is 5.82 Å². The fourth-order valence-corrected chi connectivity index (χ4v) is 4.19. The first kappa shape index (κ1) is 18.8. The zero-order chi connectivity index (χ0) is 18.6. The van der Waals surface area contributed by atoms with Gasteiger partial charge in [-0.15, -0.1) is 0 Å². The number of rotatable bonds is 7. The number of aromatic nitrogens is 1. The zero-order valence-corrected chi connectivity index (χ0v) is 15.4. The lowest BCUT2D eigenvalue weighted by molar-refractivity contribution is -0.116. The fourth-order valence-electron chi connectivity index (χ4n) is 2.64. The van der Waals surface area contributed by atoms with Crippen molar-refractivity contribution in [3.8, 4) is 0 Å². The van der Waals surface area contributed by atoms with E-state index in [1.807, 2.05) is 0 Å². The summed E-state index contributed by atoms with van der Waals surface area (Å²) in [5.74, 6) is -0.301. The van der Waals surface area contributed by atoms with Crippen molar-refractivity contribution >= 4 is 33.3 Å². The molecule has 1 amide bonds. The second-order valence-corrected chi connectivity index (χ2v) is 8.19. The molecule has 1 aliphatic heterocycles. The summed E-state index contributed by atoms with van der Waals surface area (Å²) < 4.78 is 37.3. The van der Waals surface area contributed by atoms with Crippen molar-refractivity contribution in [2.24, 2.45) is 0 Å². The molecule has 26 heavy (non-hydrogen) atoms. The van der Waals surface area contributed by atoms with Crippen molar-refractivity contribution in [2.45, 2.75) is 23.8 Å². The van der Waals surface area contributed by atoms with Crippen molar-refractivity contribution < 1.29 is 22.5 Å². The maximum Gasteiger partial charge on any atom is 0.243 e. The summed E-state index contributed by atoms with van der Waals surface area (Å²) in [5.41, 5.74) is 0. The predicted molar refractivity (Wildman–Crippen MR) is 94.3 cm³/mol. The zero-order valence-electron chi connectivity index (χ0n) is 13.8. The molecule has 2 aromatic rings. The van der Waals surface area contributed by atoms with Gasteiger partial charge in [-0.05, 0) is 37.1 Å². The van der Waals surface area contributed by atoms with Crippen LogP contribution in [0.3, 0.4) is 0 Å². The molecule has 0 saturated carbocycles. The van der Waals surface area contributed by atoms with Crippen LogP contribution in [0.5, 0.6) is 0 Å². The number of anilines is 1. The van der Waals surface area contributed by atoms with Crippen LogP contribution in [-0.4, -0.2) is 49.6 Å². The van der Waals surface area contributed by atoms with E-state index >= 15 is 0 Å². The number of carbonyl (C=O) groups is 1. The highest BCUT2D eigenvalue weighted by molar-refractivity contribution is 7.89. The molecule has 0 bridgehead atoms. The molecule has 0 unspecified atom stereocenters. The predicted octanol–water partition coefficient (Wildman–Crippen LogP) is 2.14. The van der Waals surface area contributed by atoms with Crippen LogP contribution in [0.15, 0.2) is 46.0 Å². The van der Waals surface area contributed by atoms with E-state index in [1.54, 1.807) is 0 Å². The lowest BCUT2D eigenvalue weighted by Crippen LogP contribution is -2.42. The summed E-state index contributed by atoms with van der Waals surface area (Å²) in [6.45, 7) is 0.319. The third-order valence-electron chi connectivity index (χ3n) is 3.91. The van der Waals surface area contributed by atoms with Gasteiger partial charge in [-0.3, -0.25) is 4.79 Å². The molecule has 8 nitrogen and oxygen atoms in total. The SMILES string of the molecule is O=C(CN(C[C@@H]1CCCO1)S(=O)(=O)c1ccc(Cl)cc1)Nc1ccon1. The normalized spacial score (nSPS) is 17.5. The average Bonchev–Trinajstić information content (AvgIpc) is 3.28. The molecular weight excluding hydrogens is 382 g/mol. The van der Waals surface area contributed by atoms with E-state index in [2.05, 4.69) is 15.0 Å². The fraction of sp³-hybridized carbons (Fsp3) is 0.375. The van der Waals surface area contributed by atoms with Crippen LogP contribution in [0.25, 0.3) is 0 Å². The molecule has 1 fully saturated rings. The van der Waals surface area contributed by atoms with Gasteiger partial charge in [-0.2, -0.15) is 4.31 Å². The Balaban J connectivity index is 1.79. The maximum atomic E-state index is 13.0. The summed E-state index contributed by atoms with van der Waals surface area (Å²) in [4.78, 5) is 12.3. The molecule has 10 heteroatoms. The van der Waals surface area contributed by atoms with Gasteiger partial charge in [0.15, 0.2) is 5.82 Å². The largest absolute Gasteiger partial charge is 0.377 e. The molecule has 1 aromatic heterocycles. The quantitative estimate of drug-likeness (QED) is 0.765. The highest BCUT2D eigenvalue weighted by Gasteiger charge is 2.30. The summed E-state index contributed by atoms with van der Waals surface area (Å²) in [7, 11) is -3.89. The van der Waals surface area contributed by atoms with Crippen molar-refractivity contribution in [1.29, 1.82) is 0 Å². The van der Waals surface area contributed by atoms with Crippen LogP contribution < -0.4 is 5.32 Å². The monoisotopic (exact) mass is 399 g/mol. The minimum absolute atomic E-state index is 0.0640. The molecule has 1 aliphatic rings. The summed E-state index contributed by atoms with van der Waals surface area (Å²) in [5, 5.41) is 6.51. The molecule has 1 saturated heterocycles. The van der Waals surface area contributed by atoms with Gasteiger partial charge in [-0.25, -0.2) is 8.42 Å². The van der Waals surface area contributed by atoms with Gasteiger partial charge < -0.3 is 14.6 Å². The number of benzene rings is 1. The highest BCUT2D eigenvalue weighted by Crippen LogP contribution is 2.21. The Morgan fingerprint density at radius 2 is 2.08 bits per heavy atom. The lowest BCUT2D eigenvalue weighted by atomic mass is 10.2. The van der Waals surface area contributed by atoms with E-state index in [4.69, 9.17) is 16.3 Å². The third-order valence-corrected chi connectivity index (χ3v) is 5.99. The Hall–Kier alpha value is -1.94. The molecule has 1 atom stereocenters. The number of nitrogens with one attached hydrogen (secondary N) is 1. The maximum absolute atomic E-state index is 13.0. The van der Waals surface area contributed by atoms with Crippen molar-refractivity contribution in [3.63, 3.8) is 0 Å². The number of amides is 1. The molecular formula is C16H18ClN3O5S. The van der Waals surface area contributed by atoms with Gasteiger partial charge in [0.2, 0.25) is 15.9 Å². The minimum Gasteiger partial charge on any atom is -0.377 e. The topological polar surface area (TPSA) is 102 Å². The molecule has 1 N–H and O–H groups in total. The van der Waals surface area contributed by atoms with E-state index in [0.717, 1.165) is 17.1 Å². The van der Waals surface area contributed by atoms with Crippen molar-refractivity contribution in [3.05, 3.63) is 41.6 Å². The molecule has 3 rings (SSSR count). The number of nitrogens with zero attached hydrogens (tertiary/aromatic N) is 2. The first-order valence-corrected chi connectivity index (χ1v) is 9.84. The van der Waals surface area contributed by atoms with E-state index < -0.39 is 15.9 Å². The first-order valence-electron chi connectivity index (χ1n) is 8.03. The Morgan fingerprint density at radius 3 is 2.69 bits per heavy atom. The number of hydrogen-bond donors (Lipinski definition) is 1. The smallest absolute Gasteiger partial charge is 0.243 e. The van der Waals surface area contributed by atoms with Crippen LogP contribution in [-0.2, 0) is 19.6 Å². The number of ether oxygens (including phenoxy) is 1. The Bertz CT molecular complexity index is 833. The minimum atomic E-state index is -3.89. The molecule has 0 radical (unpaired) electrons. The number of hydrogen-bond acceptors (Lipinski definition) is 6. The van der Waals surface area contributed by atoms with Crippen molar-refractivity contribution in [2.75, 3.05) is 25.0 Å². The summed E-state index contributed by atoms with van der Waals surface area (Å²) >= 11 is 5.83. The average molecular weight is 400 g/mol. The number of halogens is 1. The van der Waals surface area contributed by atoms with Gasteiger partial charge >= 0.3 is 0 Å². The second kappa shape index (κ2) is 8.17. The Labute approximate surface area is 156 Å². The Kier molecular flexibility index (Phi) is 5.92. The van der Waals surface area contributed by atoms with E-state index in [1.165, 1.54) is 36.6 Å². The molecule has 140 valence electrons. The molecule has 2 heterocycles. The lowest BCUT2D eigenvalue weighted by Gasteiger charge is -2.24. The standard InChI is InChI=1S/C16H18ClN3O5S/c17-12-3-5-14(6-4-12)26(22,23)20(10-13-2-1-8-24-13)11-16(21)18-15-7-9-25-19-15/h3-7,9,13H,1-2,8,10-11H2,(H,18,19,21)/t13-/m0/s1. The van der Waals surface area contributed by atoms with Crippen LogP contribution in [0, 0.1) is 0 Å². The van der Waals surface area contributed by atoms with Crippen LogP contribution in [0.1, 0.15) is 12.8 Å². The van der Waals surface area contributed by atoms with Gasteiger partial charge in [0.1, 0.15) is 6.26 Å². The van der Waals surface area contributed by atoms with Crippen molar-refractivity contribution in [1.82, 2.24) is 9.46 Å². The summed E-state index contributed by atoms with van der Waals surface area (Å²) in [6, 6.07) is 7.28. The van der Waals surface area contributed by atoms with Gasteiger partial charge in [0, 0.05) is 24.2 Å².